The van der Waals surface area contributed by atoms with Gasteiger partial charge >= 0.3 is 0 Å². The van der Waals surface area contributed by atoms with Crippen LogP contribution in [0.4, 0.5) is 0 Å². The van der Waals surface area contributed by atoms with Gasteiger partial charge in [0, 0.05) is 12.4 Å². The molecule has 4 N–H and O–H groups in total. The molecule has 1 aromatic heterocycles. The fourth-order valence-electron chi connectivity index (χ4n) is 1.28. The highest BCUT2D eigenvalue weighted by Crippen LogP contribution is 2.09. The van der Waals surface area contributed by atoms with Crippen LogP contribution in [0.2, 0.25) is 0 Å². The quantitative estimate of drug-likeness (QED) is 0.632. The summed E-state index contributed by atoms with van der Waals surface area (Å²) < 4.78 is 0. The Bertz CT molecular complexity index is 380. The van der Waals surface area contributed by atoms with Crippen LogP contribution in [0.25, 0.3) is 0 Å². The van der Waals surface area contributed by atoms with Gasteiger partial charge in [-0.15, -0.1) is 0 Å². The number of pyridine rings is 1. The van der Waals surface area contributed by atoms with E-state index in [1.54, 1.807) is 12.4 Å². The van der Waals surface area contributed by atoms with E-state index in [-0.39, 0.29) is 30.9 Å². The fourth-order valence-corrected chi connectivity index (χ4v) is 1.28. The summed E-state index contributed by atoms with van der Waals surface area (Å²) in [7, 11) is 0. The molecule has 1 rings (SSSR count). The summed E-state index contributed by atoms with van der Waals surface area (Å²) in [6.07, 6.45) is 3.32. The van der Waals surface area contributed by atoms with Gasteiger partial charge < -0.3 is 16.4 Å². The zero-order chi connectivity index (χ0) is 12.7. The van der Waals surface area contributed by atoms with Gasteiger partial charge in [0.1, 0.15) is 0 Å². The van der Waals surface area contributed by atoms with E-state index >= 15 is 0 Å². The smallest absolute Gasteiger partial charge is 0.239 e. The van der Waals surface area contributed by atoms with E-state index in [4.69, 9.17) is 5.73 Å². The van der Waals surface area contributed by atoms with E-state index in [2.05, 4.69) is 15.6 Å². The summed E-state index contributed by atoms with van der Waals surface area (Å²) in [5.74, 6) is -0.604. The number of carbonyl (C=O) groups is 2. The molecule has 0 fully saturated rings. The number of nitrogens with one attached hydrogen (secondary N) is 2. The van der Waals surface area contributed by atoms with Crippen molar-refractivity contribution in [2.45, 2.75) is 13.0 Å². The first-order valence-electron chi connectivity index (χ1n) is 5.29. The molecule has 1 atom stereocenters. The van der Waals surface area contributed by atoms with Gasteiger partial charge in [0.25, 0.3) is 0 Å². The molecule has 0 spiro atoms. The highest BCUT2D eigenvalue weighted by atomic mass is 16.2. The van der Waals surface area contributed by atoms with Crippen LogP contribution in [0.15, 0.2) is 24.5 Å². The van der Waals surface area contributed by atoms with Crippen molar-refractivity contribution in [3.05, 3.63) is 30.1 Å². The van der Waals surface area contributed by atoms with Crippen LogP contribution in [0, 0.1) is 0 Å². The molecule has 6 heteroatoms. The van der Waals surface area contributed by atoms with Crippen LogP contribution in [-0.4, -0.2) is 29.9 Å². The van der Waals surface area contributed by atoms with Gasteiger partial charge in [0.05, 0.1) is 19.1 Å². The molecule has 92 valence electrons. The molecule has 0 bridgehead atoms. The van der Waals surface area contributed by atoms with Crippen molar-refractivity contribution in [3.63, 3.8) is 0 Å². The fraction of sp³-hybridized carbons (Fsp3) is 0.364. The summed E-state index contributed by atoms with van der Waals surface area (Å²) in [6.45, 7) is 1.68. The SMILES string of the molecule is C[C@H](NC(=O)CNC(=O)CN)c1ccncc1. The number of carbonyl (C=O) groups excluding carboxylic acids is 2. The van der Waals surface area contributed by atoms with Crippen LogP contribution in [0.5, 0.6) is 0 Å². The molecule has 2 amide bonds. The molecule has 6 nitrogen and oxygen atoms in total. The Morgan fingerprint density at radius 2 is 2.00 bits per heavy atom. The number of hydrogen-bond acceptors (Lipinski definition) is 4. The molecular weight excluding hydrogens is 220 g/mol. The lowest BCUT2D eigenvalue weighted by Crippen LogP contribution is -2.40. The Morgan fingerprint density at radius 3 is 2.59 bits per heavy atom. The molecule has 0 aliphatic rings. The molecule has 1 aromatic rings. The van der Waals surface area contributed by atoms with Crippen molar-refractivity contribution >= 4 is 11.8 Å². The molecule has 1 heterocycles. The number of amides is 2. The third-order valence-corrected chi connectivity index (χ3v) is 2.22. The van der Waals surface area contributed by atoms with E-state index < -0.39 is 0 Å². The predicted molar refractivity (Wildman–Crippen MR) is 62.9 cm³/mol. The molecule has 0 saturated heterocycles. The maximum Gasteiger partial charge on any atom is 0.239 e. The largest absolute Gasteiger partial charge is 0.348 e. The summed E-state index contributed by atoms with van der Waals surface area (Å²) >= 11 is 0. The number of rotatable bonds is 5. The minimum atomic E-state index is -0.350. The average Bonchev–Trinajstić information content (AvgIpc) is 2.36. The highest BCUT2D eigenvalue weighted by molar-refractivity contribution is 5.85. The normalized spacial score (nSPS) is 11.6. The minimum Gasteiger partial charge on any atom is -0.348 e. The Morgan fingerprint density at radius 1 is 1.35 bits per heavy atom. The lowest BCUT2D eigenvalue weighted by Gasteiger charge is -2.14. The highest BCUT2D eigenvalue weighted by Gasteiger charge is 2.09. The zero-order valence-electron chi connectivity index (χ0n) is 9.64. The van der Waals surface area contributed by atoms with Gasteiger partial charge in [-0.1, -0.05) is 0 Å². The van der Waals surface area contributed by atoms with Crippen LogP contribution >= 0.6 is 0 Å². The first-order valence-corrected chi connectivity index (χ1v) is 5.29. The van der Waals surface area contributed by atoms with Gasteiger partial charge in [-0.3, -0.25) is 14.6 Å². The lowest BCUT2D eigenvalue weighted by atomic mass is 10.1. The van der Waals surface area contributed by atoms with E-state index in [1.165, 1.54) is 0 Å². The third-order valence-electron chi connectivity index (χ3n) is 2.22. The topological polar surface area (TPSA) is 97.1 Å². The minimum absolute atomic E-state index is 0.0640. The monoisotopic (exact) mass is 236 g/mol. The van der Waals surface area contributed by atoms with Crippen molar-refractivity contribution in [1.82, 2.24) is 15.6 Å². The Kier molecular flexibility index (Phi) is 5.09. The number of nitrogens with two attached hydrogens (primary N) is 1. The Balaban J connectivity index is 2.39. The number of aromatic nitrogens is 1. The van der Waals surface area contributed by atoms with Crippen molar-refractivity contribution in [1.29, 1.82) is 0 Å². The summed E-state index contributed by atoms with van der Waals surface area (Å²) in [5, 5.41) is 5.15. The van der Waals surface area contributed by atoms with Gasteiger partial charge in [0.2, 0.25) is 11.8 Å². The van der Waals surface area contributed by atoms with Gasteiger partial charge in [-0.05, 0) is 24.6 Å². The summed E-state index contributed by atoms with van der Waals surface area (Å²) in [6, 6.07) is 3.52. The third kappa shape index (κ3) is 4.60. The van der Waals surface area contributed by atoms with E-state index in [1.807, 2.05) is 19.1 Å². The van der Waals surface area contributed by atoms with Gasteiger partial charge in [-0.2, -0.15) is 0 Å². The van der Waals surface area contributed by atoms with Crippen molar-refractivity contribution in [2.24, 2.45) is 5.73 Å². The second-order valence-corrected chi connectivity index (χ2v) is 3.55. The first-order chi connectivity index (χ1) is 8.13. The Hall–Kier alpha value is -1.95. The zero-order valence-corrected chi connectivity index (χ0v) is 9.64. The molecule has 0 aliphatic heterocycles. The van der Waals surface area contributed by atoms with Crippen molar-refractivity contribution in [2.75, 3.05) is 13.1 Å². The van der Waals surface area contributed by atoms with Gasteiger partial charge in [-0.25, -0.2) is 0 Å². The number of nitrogens with zero attached hydrogens (tertiary/aromatic N) is 1. The second-order valence-electron chi connectivity index (χ2n) is 3.55. The average molecular weight is 236 g/mol. The first kappa shape index (κ1) is 13.1. The van der Waals surface area contributed by atoms with Crippen LogP contribution in [-0.2, 0) is 9.59 Å². The molecule has 17 heavy (non-hydrogen) atoms. The van der Waals surface area contributed by atoms with Gasteiger partial charge in [0.15, 0.2) is 0 Å². The van der Waals surface area contributed by atoms with E-state index in [9.17, 15) is 9.59 Å². The maximum atomic E-state index is 11.5. The van der Waals surface area contributed by atoms with Crippen LogP contribution in [0.1, 0.15) is 18.5 Å². The van der Waals surface area contributed by atoms with Crippen LogP contribution in [0.3, 0.4) is 0 Å². The second kappa shape index (κ2) is 6.59. The predicted octanol–water partition coefficient (Wildman–Crippen LogP) is -0.666. The molecule has 0 aromatic carbocycles. The lowest BCUT2D eigenvalue weighted by molar-refractivity contribution is -0.125. The summed E-state index contributed by atoms with van der Waals surface area (Å²) in [5.41, 5.74) is 6.06. The van der Waals surface area contributed by atoms with Crippen molar-refractivity contribution < 1.29 is 9.59 Å². The van der Waals surface area contributed by atoms with E-state index in [0.29, 0.717) is 0 Å². The molecule has 0 aliphatic carbocycles. The summed E-state index contributed by atoms with van der Waals surface area (Å²) in [4.78, 5) is 26.2. The Labute approximate surface area is 99.6 Å². The molecular formula is C11H16N4O2. The number of hydrogen-bond donors (Lipinski definition) is 3. The van der Waals surface area contributed by atoms with E-state index in [0.717, 1.165) is 5.56 Å². The molecule has 0 radical (unpaired) electrons. The maximum absolute atomic E-state index is 11.5. The molecule has 0 unspecified atom stereocenters. The standard InChI is InChI=1S/C11H16N4O2/c1-8(9-2-4-13-5-3-9)15-11(17)7-14-10(16)6-12/h2-5,8H,6-7,12H2,1H3,(H,14,16)(H,15,17)/t8-/m0/s1. The van der Waals surface area contributed by atoms with Crippen LogP contribution < -0.4 is 16.4 Å². The molecule has 0 saturated carbocycles. The van der Waals surface area contributed by atoms with Crippen molar-refractivity contribution in [3.8, 4) is 0 Å².